The zero-order chi connectivity index (χ0) is 15.0. The summed E-state index contributed by atoms with van der Waals surface area (Å²) in [6, 6.07) is 5.79. The van der Waals surface area contributed by atoms with Crippen molar-refractivity contribution in [2.45, 2.75) is 32.7 Å². The van der Waals surface area contributed by atoms with Gasteiger partial charge in [0.25, 0.3) is 0 Å². The van der Waals surface area contributed by atoms with Gasteiger partial charge in [0, 0.05) is 12.1 Å². The van der Waals surface area contributed by atoms with Gasteiger partial charge in [-0.1, -0.05) is 13.3 Å². The van der Waals surface area contributed by atoms with Gasteiger partial charge in [0.05, 0.1) is 20.3 Å². The molecule has 1 aromatic rings. The van der Waals surface area contributed by atoms with Crippen LogP contribution in [-0.4, -0.2) is 25.9 Å². The van der Waals surface area contributed by atoms with Crippen LogP contribution in [0.1, 0.15) is 38.3 Å². The third kappa shape index (κ3) is 4.89. The predicted molar refractivity (Wildman–Crippen MR) is 86.6 cm³/mol. The van der Waals surface area contributed by atoms with Crippen molar-refractivity contribution in [3.05, 3.63) is 23.8 Å². The van der Waals surface area contributed by atoms with Gasteiger partial charge < -0.3 is 20.1 Å². The lowest BCUT2D eigenvalue weighted by Crippen LogP contribution is -2.37. The minimum atomic E-state index is 0.0432. The Labute approximate surface area is 126 Å². The molecule has 112 valence electrons. The number of unbranched alkanes of at least 4 members (excludes halogenated alkanes) is 1. The van der Waals surface area contributed by atoms with Crippen LogP contribution in [0.15, 0.2) is 18.2 Å². The lowest BCUT2D eigenvalue weighted by atomic mass is 10.1. The Morgan fingerprint density at radius 3 is 2.65 bits per heavy atom. The van der Waals surface area contributed by atoms with E-state index in [2.05, 4.69) is 17.6 Å². The van der Waals surface area contributed by atoms with Crippen LogP contribution in [-0.2, 0) is 0 Å². The molecular weight excluding hydrogens is 272 g/mol. The average Bonchev–Trinajstić information content (AvgIpc) is 2.46. The summed E-state index contributed by atoms with van der Waals surface area (Å²) >= 11 is 5.29. The van der Waals surface area contributed by atoms with Gasteiger partial charge >= 0.3 is 0 Å². The highest BCUT2D eigenvalue weighted by atomic mass is 32.1. The maximum Gasteiger partial charge on any atom is 0.166 e. The standard InChI is InChI=1S/C15H24N2O2S/c1-5-6-9-16-15(20)17-11(2)13-10-12(18-3)7-8-14(13)19-4/h7-8,10-11H,5-6,9H2,1-4H3,(H2,16,17,20). The van der Waals surface area contributed by atoms with Crippen LogP contribution in [0.4, 0.5) is 0 Å². The minimum absolute atomic E-state index is 0.0432. The van der Waals surface area contributed by atoms with Gasteiger partial charge in [-0.25, -0.2) is 0 Å². The van der Waals surface area contributed by atoms with Crippen molar-refractivity contribution in [3.63, 3.8) is 0 Å². The van der Waals surface area contributed by atoms with Crippen LogP contribution < -0.4 is 20.1 Å². The fourth-order valence-electron chi connectivity index (χ4n) is 1.88. The van der Waals surface area contributed by atoms with Crippen LogP contribution in [0.5, 0.6) is 11.5 Å². The first-order chi connectivity index (χ1) is 9.62. The smallest absolute Gasteiger partial charge is 0.166 e. The molecule has 0 amide bonds. The SMILES string of the molecule is CCCCNC(=S)NC(C)c1cc(OC)ccc1OC. The Morgan fingerprint density at radius 2 is 2.05 bits per heavy atom. The number of rotatable bonds is 7. The number of hydrogen-bond donors (Lipinski definition) is 2. The molecule has 0 bridgehead atoms. The summed E-state index contributed by atoms with van der Waals surface area (Å²) in [4.78, 5) is 0. The Bertz CT molecular complexity index is 438. The fourth-order valence-corrected chi connectivity index (χ4v) is 2.16. The molecular formula is C15H24N2O2S. The summed E-state index contributed by atoms with van der Waals surface area (Å²) in [5.41, 5.74) is 1.02. The minimum Gasteiger partial charge on any atom is -0.497 e. The van der Waals surface area contributed by atoms with Gasteiger partial charge in [0.15, 0.2) is 5.11 Å². The third-order valence-electron chi connectivity index (χ3n) is 3.07. The van der Waals surface area contributed by atoms with E-state index in [9.17, 15) is 0 Å². The molecule has 1 rings (SSSR count). The van der Waals surface area contributed by atoms with E-state index in [0.717, 1.165) is 36.4 Å². The molecule has 5 heteroatoms. The normalized spacial score (nSPS) is 11.6. The number of hydrogen-bond acceptors (Lipinski definition) is 3. The van der Waals surface area contributed by atoms with Crippen LogP contribution in [0, 0.1) is 0 Å². The van der Waals surface area contributed by atoms with Crippen LogP contribution >= 0.6 is 12.2 Å². The molecule has 0 aliphatic heterocycles. The molecule has 20 heavy (non-hydrogen) atoms. The molecule has 0 radical (unpaired) electrons. The Hall–Kier alpha value is -1.49. The van der Waals surface area contributed by atoms with Gasteiger partial charge in [-0.15, -0.1) is 0 Å². The Kier molecular flexibility index (Phi) is 7.15. The first-order valence-corrected chi connectivity index (χ1v) is 7.29. The van der Waals surface area contributed by atoms with Crippen molar-refractivity contribution in [3.8, 4) is 11.5 Å². The summed E-state index contributed by atoms with van der Waals surface area (Å²) in [6.07, 6.45) is 2.26. The van der Waals surface area contributed by atoms with Crippen molar-refractivity contribution in [2.24, 2.45) is 0 Å². The lowest BCUT2D eigenvalue weighted by Gasteiger charge is -2.20. The first kappa shape index (κ1) is 16.6. The van der Waals surface area contributed by atoms with Gasteiger partial charge in [0.2, 0.25) is 0 Å². The largest absolute Gasteiger partial charge is 0.497 e. The van der Waals surface area contributed by atoms with E-state index in [4.69, 9.17) is 21.7 Å². The number of benzene rings is 1. The van der Waals surface area contributed by atoms with Gasteiger partial charge in [-0.3, -0.25) is 0 Å². The molecule has 0 saturated heterocycles. The van der Waals surface area contributed by atoms with Crippen LogP contribution in [0.25, 0.3) is 0 Å². The van der Waals surface area contributed by atoms with E-state index in [0.29, 0.717) is 5.11 Å². The second-order valence-corrected chi connectivity index (χ2v) is 4.99. The number of ether oxygens (including phenoxy) is 2. The monoisotopic (exact) mass is 296 g/mol. The maximum atomic E-state index is 5.39. The first-order valence-electron chi connectivity index (χ1n) is 6.88. The molecule has 1 unspecified atom stereocenters. The van der Waals surface area contributed by atoms with E-state index in [1.165, 1.54) is 0 Å². The topological polar surface area (TPSA) is 42.5 Å². The van der Waals surface area contributed by atoms with Crippen molar-refractivity contribution in [2.75, 3.05) is 20.8 Å². The molecule has 1 aromatic carbocycles. The van der Waals surface area contributed by atoms with E-state index >= 15 is 0 Å². The zero-order valence-electron chi connectivity index (χ0n) is 12.7. The third-order valence-corrected chi connectivity index (χ3v) is 3.33. The van der Waals surface area contributed by atoms with Crippen molar-refractivity contribution < 1.29 is 9.47 Å². The second kappa shape index (κ2) is 8.64. The Balaban J connectivity index is 2.70. The highest BCUT2D eigenvalue weighted by molar-refractivity contribution is 7.80. The van der Waals surface area contributed by atoms with Crippen molar-refractivity contribution >= 4 is 17.3 Å². The summed E-state index contributed by atoms with van der Waals surface area (Å²) in [5.74, 6) is 1.63. The molecule has 0 aliphatic carbocycles. The van der Waals surface area contributed by atoms with Gasteiger partial charge in [-0.2, -0.15) is 0 Å². The maximum absolute atomic E-state index is 5.39. The van der Waals surface area contributed by atoms with Crippen LogP contribution in [0.2, 0.25) is 0 Å². The second-order valence-electron chi connectivity index (χ2n) is 4.58. The summed E-state index contributed by atoms with van der Waals surface area (Å²) < 4.78 is 10.6. The molecule has 0 spiro atoms. The van der Waals surface area contributed by atoms with Crippen molar-refractivity contribution in [1.82, 2.24) is 10.6 Å². The molecule has 0 aliphatic rings. The van der Waals surface area contributed by atoms with E-state index in [1.807, 2.05) is 25.1 Å². The fraction of sp³-hybridized carbons (Fsp3) is 0.533. The number of thiocarbonyl (C=S) groups is 1. The molecule has 0 fully saturated rings. The number of methoxy groups -OCH3 is 2. The summed E-state index contributed by atoms with van der Waals surface area (Å²) in [5, 5.41) is 7.13. The highest BCUT2D eigenvalue weighted by Gasteiger charge is 2.13. The van der Waals surface area contributed by atoms with E-state index in [1.54, 1.807) is 14.2 Å². The zero-order valence-corrected chi connectivity index (χ0v) is 13.5. The van der Waals surface area contributed by atoms with Gasteiger partial charge in [-0.05, 0) is 43.8 Å². The summed E-state index contributed by atoms with van der Waals surface area (Å²) in [7, 11) is 3.32. The van der Waals surface area contributed by atoms with E-state index < -0.39 is 0 Å². The summed E-state index contributed by atoms with van der Waals surface area (Å²) in [6.45, 7) is 5.09. The van der Waals surface area contributed by atoms with E-state index in [-0.39, 0.29) is 6.04 Å². The lowest BCUT2D eigenvalue weighted by molar-refractivity contribution is 0.395. The van der Waals surface area contributed by atoms with Crippen molar-refractivity contribution in [1.29, 1.82) is 0 Å². The average molecular weight is 296 g/mol. The highest BCUT2D eigenvalue weighted by Crippen LogP contribution is 2.29. The predicted octanol–water partition coefficient (Wildman–Crippen LogP) is 3.03. The molecule has 4 nitrogen and oxygen atoms in total. The quantitative estimate of drug-likeness (QED) is 0.598. The molecule has 0 heterocycles. The number of nitrogens with one attached hydrogen (secondary N) is 2. The molecule has 1 atom stereocenters. The Morgan fingerprint density at radius 1 is 1.30 bits per heavy atom. The molecule has 0 aromatic heterocycles. The molecule has 2 N–H and O–H groups in total. The van der Waals surface area contributed by atoms with Crippen LogP contribution in [0.3, 0.4) is 0 Å². The molecule has 0 saturated carbocycles. The van der Waals surface area contributed by atoms with Gasteiger partial charge in [0.1, 0.15) is 11.5 Å².